The largest absolute Gasteiger partial charge is 0.324 e. The van der Waals surface area contributed by atoms with Crippen LogP contribution >= 0.6 is 0 Å². The molecular formula is C15H23N. The van der Waals surface area contributed by atoms with Gasteiger partial charge in [0.15, 0.2) is 0 Å². The van der Waals surface area contributed by atoms with Gasteiger partial charge in [-0.15, -0.1) is 0 Å². The monoisotopic (exact) mass is 217 g/mol. The third-order valence-electron chi connectivity index (χ3n) is 3.82. The molecule has 0 bridgehead atoms. The maximum absolute atomic E-state index is 6.28. The molecule has 1 aromatic rings. The lowest BCUT2D eigenvalue weighted by molar-refractivity contribution is 0.319. The Labute approximate surface area is 99.0 Å². The summed E-state index contributed by atoms with van der Waals surface area (Å²) in [4.78, 5) is 0. The first-order chi connectivity index (χ1) is 7.75. The van der Waals surface area contributed by atoms with E-state index in [1.165, 1.54) is 49.7 Å². The van der Waals surface area contributed by atoms with Gasteiger partial charge in [-0.3, -0.25) is 0 Å². The molecule has 88 valence electrons. The Morgan fingerprint density at radius 1 is 1.12 bits per heavy atom. The van der Waals surface area contributed by atoms with Gasteiger partial charge in [0.2, 0.25) is 0 Å². The van der Waals surface area contributed by atoms with Crippen molar-refractivity contribution >= 4 is 0 Å². The second kappa shape index (κ2) is 5.49. The van der Waals surface area contributed by atoms with E-state index < -0.39 is 0 Å². The zero-order valence-electron chi connectivity index (χ0n) is 10.3. The zero-order chi connectivity index (χ0) is 11.4. The highest BCUT2D eigenvalue weighted by Crippen LogP contribution is 2.30. The van der Waals surface area contributed by atoms with E-state index in [0.717, 1.165) is 5.92 Å². The number of rotatable bonds is 3. The van der Waals surface area contributed by atoms with Gasteiger partial charge in [-0.25, -0.2) is 0 Å². The predicted molar refractivity (Wildman–Crippen MR) is 69.3 cm³/mol. The average molecular weight is 217 g/mol. The van der Waals surface area contributed by atoms with Crippen LogP contribution in [0.4, 0.5) is 0 Å². The maximum Gasteiger partial charge on any atom is 0.0297 e. The third-order valence-corrected chi connectivity index (χ3v) is 3.82. The van der Waals surface area contributed by atoms with Gasteiger partial charge in [-0.1, -0.05) is 61.9 Å². The summed E-state index contributed by atoms with van der Waals surface area (Å²) in [5.74, 6) is 0.866. The van der Waals surface area contributed by atoms with Gasteiger partial charge < -0.3 is 5.73 Å². The van der Waals surface area contributed by atoms with Crippen molar-refractivity contribution in [1.82, 2.24) is 0 Å². The number of benzene rings is 1. The molecule has 1 aliphatic rings. The van der Waals surface area contributed by atoms with Gasteiger partial charge in [0.05, 0.1) is 0 Å². The number of hydrogen-bond acceptors (Lipinski definition) is 1. The molecule has 2 N–H and O–H groups in total. The molecule has 1 atom stereocenters. The Hall–Kier alpha value is -0.820. The second-order valence-corrected chi connectivity index (χ2v) is 5.26. The summed E-state index contributed by atoms with van der Waals surface area (Å²) in [6, 6.07) is 8.93. The summed E-state index contributed by atoms with van der Waals surface area (Å²) < 4.78 is 0. The molecule has 1 fully saturated rings. The predicted octanol–water partition coefficient (Wildman–Crippen LogP) is 3.97. The molecule has 1 nitrogen and oxygen atoms in total. The number of hydrogen-bond donors (Lipinski definition) is 1. The Balaban J connectivity index is 1.91. The van der Waals surface area contributed by atoms with Gasteiger partial charge in [0.1, 0.15) is 0 Å². The molecular weight excluding hydrogens is 194 g/mol. The third kappa shape index (κ3) is 3.08. The normalized spacial score (nSPS) is 19.6. The SMILES string of the molecule is Cc1ccc(C(N)CC2CCCCC2)cc1. The van der Waals surface area contributed by atoms with E-state index in [1.807, 2.05) is 0 Å². The minimum Gasteiger partial charge on any atom is -0.324 e. The molecule has 0 spiro atoms. The standard InChI is InChI=1S/C15H23N/c1-12-7-9-14(10-8-12)15(16)11-13-5-3-2-4-6-13/h7-10,13,15H,2-6,11,16H2,1H3. The molecule has 16 heavy (non-hydrogen) atoms. The molecule has 0 radical (unpaired) electrons. The summed E-state index contributed by atoms with van der Waals surface area (Å²) in [6.45, 7) is 2.12. The molecule has 0 heterocycles. The van der Waals surface area contributed by atoms with Crippen LogP contribution < -0.4 is 5.73 Å². The highest BCUT2D eigenvalue weighted by Gasteiger charge is 2.17. The van der Waals surface area contributed by atoms with Crippen LogP contribution in [0.25, 0.3) is 0 Å². The molecule has 0 aliphatic heterocycles. The van der Waals surface area contributed by atoms with E-state index in [4.69, 9.17) is 5.73 Å². The Bertz CT molecular complexity index is 309. The molecule has 0 aromatic heterocycles. The van der Waals surface area contributed by atoms with Gasteiger partial charge in [-0.2, -0.15) is 0 Å². The highest BCUT2D eigenvalue weighted by molar-refractivity contribution is 5.23. The van der Waals surface area contributed by atoms with Crippen molar-refractivity contribution in [2.45, 2.75) is 51.5 Å². The summed E-state index contributed by atoms with van der Waals surface area (Å²) in [5, 5.41) is 0. The van der Waals surface area contributed by atoms with Crippen molar-refractivity contribution in [2.75, 3.05) is 0 Å². The van der Waals surface area contributed by atoms with Crippen molar-refractivity contribution in [3.63, 3.8) is 0 Å². The van der Waals surface area contributed by atoms with Crippen molar-refractivity contribution in [2.24, 2.45) is 11.7 Å². The maximum atomic E-state index is 6.28. The van der Waals surface area contributed by atoms with E-state index in [9.17, 15) is 0 Å². The fraction of sp³-hybridized carbons (Fsp3) is 0.600. The van der Waals surface area contributed by atoms with Crippen LogP contribution in [0.3, 0.4) is 0 Å². The molecule has 0 amide bonds. The summed E-state index contributed by atoms with van der Waals surface area (Å²) in [7, 11) is 0. The van der Waals surface area contributed by atoms with E-state index >= 15 is 0 Å². The topological polar surface area (TPSA) is 26.0 Å². The van der Waals surface area contributed by atoms with Crippen LogP contribution in [-0.2, 0) is 0 Å². The van der Waals surface area contributed by atoms with Crippen molar-refractivity contribution in [3.05, 3.63) is 35.4 Å². The first-order valence-corrected chi connectivity index (χ1v) is 6.58. The summed E-state index contributed by atoms with van der Waals surface area (Å²) in [6.07, 6.45) is 8.19. The first-order valence-electron chi connectivity index (χ1n) is 6.58. The molecule has 0 saturated heterocycles. The van der Waals surface area contributed by atoms with Crippen molar-refractivity contribution in [3.8, 4) is 0 Å². The van der Waals surface area contributed by atoms with Crippen LogP contribution in [0.1, 0.15) is 55.7 Å². The molecule has 1 heteroatoms. The molecule has 1 aromatic carbocycles. The molecule has 1 unspecified atom stereocenters. The summed E-state index contributed by atoms with van der Waals surface area (Å²) in [5.41, 5.74) is 8.89. The van der Waals surface area contributed by atoms with Crippen LogP contribution in [-0.4, -0.2) is 0 Å². The lowest BCUT2D eigenvalue weighted by atomic mass is 9.83. The van der Waals surface area contributed by atoms with Gasteiger partial charge >= 0.3 is 0 Å². The second-order valence-electron chi connectivity index (χ2n) is 5.26. The van der Waals surface area contributed by atoms with Crippen molar-refractivity contribution in [1.29, 1.82) is 0 Å². The van der Waals surface area contributed by atoms with Gasteiger partial charge in [0, 0.05) is 6.04 Å². The quantitative estimate of drug-likeness (QED) is 0.814. The average Bonchev–Trinajstić information content (AvgIpc) is 2.31. The first kappa shape index (κ1) is 11.7. The lowest BCUT2D eigenvalue weighted by Gasteiger charge is -2.24. The van der Waals surface area contributed by atoms with E-state index in [2.05, 4.69) is 31.2 Å². The summed E-state index contributed by atoms with van der Waals surface area (Å²) >= 11 is 0. The van der Waals surface area contributed by atoms with Gasteiger partial charge in [-0.05, 0) is 24.8 Å². The Kier molecular flexibility index (Phi) is 4.00. The van der Waals surface area contributed by atoms with E-state index in [1.54, 1.807) is 0 Å². The fourth-order valence-corrected chi connectivity index (χ4v) is 2.73. The van der Waals surface area contributed by atoms with Crippen LogP contribution in [0, 0.1) is 12.8 Å². The van der Waals surface area contributed by atoms with Crippen LogP contribution in [0.2, 0.25) is 0 Å². The molecule has 2 rings (SSSR count). The molecule has 1 aliphatic carbocycles. The minimum absolute atomic E-state index is 0.240. The fourth-order valence-electron chi connectivity index (χ4n) is 2.73. The van der Waals surface area contributed by atoms with Gasteiger partial charge in [0.25, 0.3) is 0 Å². The smallest absolute Gasteiger partial charge is 0.0297 e. The van der Waals surface area contributed by atoms with Crippen LogP contribution in [0.15, 0.2) is 24.3 Å². The highest BCUT2D eigenvalue weighted by atomic mass is 14.6. The lowest BCUT2D eigenvalue weighted by Crippen LogP contribution is -2.17. The van der Waals surface area contributed by atoms with E-state index in [-0.39, 0.29) is 6.04 Å². The van der Waals surface area contributed by atoms with Crippen molar-refractivity contribution < 1.29 is 0 Å². The number of aryl methyl sites for hydroxylation is 1. The zero-order valence-corrected chi connectivity index (χ0v) is 10.3. The Morgan fingerprint density at radius 3 is 2.38 bits per heavy atom. The van der Waals surface area contributed by atoms with Crippen LogP contribution in [0.5, 0.6) is 0 Å². The molecule has 1 saturated carbocycles. The number of nitrogens with two attached hydrogens (primary N) is 1. The minimum atomic E-state index is 0.240. The Morgan fingerprint density at radius 2 is 1.75 bits per heavy atom. The van der Waals surface area contributed by atoms with E-state index in [0.29, 0.717) is 0 Å².